The van der Waals surface area contributed by atoms with E-state index in [0.717, 1.165) is 10.9 Å². The normalized spacial score (nSPS) is 11.1. The molecule has 0 aliphatic carbocycles. The van der Waals surface area contributed by atoms with Crippen LogP contribution < -0.4 is 0 Å². The van der Waals surface area contributed by atoms with E-state index in [4.69, 9.17) is 0 Å². The maximum absolute atomic E-state index is 4.16. The highest BCUT2D eigenvalue weighted by Crippen LogP contribution is 2.24. The van der Waals surface area contributed by atoms with E-state index in [1.807, 2.05) is 0 Å². The second-order valence-corrected chi connectivity index (χ2v) is 5.27. The molecule has 0 atom stereocenters. The fraction of sp³-hybridized carbons (Fsp3) is 0.385. The zero-order chi connectivity index (χ0) is 12.3. The molecule has 2 rings (SSSR count). The first-order chi connectivity index (χ1) is 8.18. The summed E-state index contributed by atoms with van der Waals surface area (Å²) >= 11 is 1.74. The minimum absolute atomic E-state index is 0.407. The molecule has 17 heavy (non-hydrogen) atoms. The van der Waals surface area contributed by atoms with E-state index in [-0.39, 0.29) is 0 Å². The van der Waals surface area contributed by atoms with Gasteiger partial charge in [-0.05, 0) is 31.9 Å². The minimum atomic E-state index is 0.407. The molecule has 0 saturated heterocycles. The molecular formula is C13H17N3S. The zero-order valence-corrected chi connectivity index (χ0v) is 11.2. The summed E-state index contributed by atoms with van der Waals surface area (Å²) in [6.07, 6.45) is 1.80. The van der Waals surface area contributed by atoms with Gasteiger partial charge in [-0.3, -0.25) is 0 Å². The summed E-state index contributed by atoms with van der Waals surface area (Å²) in [5.41, 5.74) is 2.69. The number of benzene rings is 1. The number of aryl methyl sites for hydroxylation is 1. The topological polar surface area (TPSA) is 30.7 Å². The van der Waals surface area contributed by atoms with Crippen LogP contribution in [0.15, 0.2) is 35.7 Å². The van der Waals surface area contributed by atoms with Crippen molar-refractivity contribution < 1.29 is 0 Å². The number of rotatable bonds is 4. The van der Waals surface area contributed by atoms with E-state index in [1.165, 1.54) is 11.1 Å². The van der Waals surface area contributed by atoms with Crippen LogP contribution in [0.4, 0.5) is 0 Å². The lowest BCUT2D eigenvalue weighted by Crippen LogP contribution is -2.01. The highest BCUT2D eigenvalue weighted by Gasteiger charge is 2.08. The quantitative estimate of drug-likeness (QED) is 0.775. The van der Waals surface area contributed by atoms with Crippen LogP contribution >= 0.6 is 11.8 Å². The van der Waals surface area contributed by atoms with Crippen molar-refractivity contribution in [3.8, 4) is 0 Å². The van der Waals surface area contributed by atoms with Crippen LogP contribution in [-0.4, -0.2) is 14.8 Å². The summed E-state index contributed by atoms with van der Waals surface area (Å²) in [7, 11) is 0. The summed E-state index contributed by atoms with van der Waals surface area (Å²) in [5, 5.41) is 9.12. The maximum Gasteiger partial charge on any atom is 0.191 e. The van der Waals surface area contributed by atoms with Crippen molar-refractivity contribution >= 4 is 11.8 Å². The summed E-state index contributed by atoms with van der Waals surface area (Å²) in [6.45, 7) is 6.42. The van der Waals surface area contributed by atoms with Gasteiger partial charge in [-0.15, -0.1) is 10.2 Å². The Hall–Kier alpha value is -1.29. The molecule has 0 aliphatic rings. The van der Waals surface area contributed by atoms with E-state index in [9.17, 15) is 0 Å². The Morgan fingerprint density at radius 3 is 2.76 bits per heavy atom. The Bertz CT molecular complexity index is 491. The first kappa shape index (κ1) is 12.2. The molecule has 0 amide bonds. The van der Waals surface area contributed by atoms with Crippen molar-refractivity contribution in [2.75, 3.05) is 0 Å². The van der Waals surface area contributed by atoms with Gasteiger partial charge in [-0.2, -0.15) is 0 Å². The van der Waals surface area contributed by atoms with Gasteiger partial charge in [0.2, 0.25) is 0 Å². The van der Waals surface area contributed by atoms with Crippen molar-refractivity contribution in [2.45, 2.75) is 37.7 Å². The smallest absolute Gasteiger partial charge is 0.191 e. The van der Waals surface area contributed by atoms with Gasteiger partial charge in [0, 0.05) is 11.8 Å². The molecule has 0 aliphatic heterocycles. The molecule has 1 heterocycles. The lowest BCUT2D eigenvalue weighted by Gasteiger charge is -2.10. The number of aromatic nitrogens is 3. The Morgan fingerprint density at radius 2 is 2.06 bits per heavy atom. The van der Waals surface area contributed by atoms with Crippen molar-refractivity contribution in [1.29, 1.82) is 0 Å². The van der Waals surface area contributed by atoms with Crippen LogP contribution in [0.1, 0.15) is 31.0 Å². The van der Waals surface area contributed by atoms with Crippen LogP contribution in [-0.2, 0) is 5.75 Å². The molecule has 2 aromatic rings. The van der Waals surface area contributed by atoms with Crippen LogP contribution in [0.3, 0.4) is 0 Å². The molecule has 0 unspecified atom stereocenters. The van der Waals surface area contributed by atoms with E-state index in [2.05, 4.69) is 59.8 Å². The van der Waals surface area contributed by atoms with Gasteiger partial charge in [0.15, 0.2) is 5.16 Å². The summed E-state index contributed by atoms with van der Waals surface area (Å²) in [6, 6.07) is 8.86. The van der Waals surface area contributed by atoms with E-state index < -0.39 is 0 Å². The largest absolute Gasteiger partial charge is 0.306 e. The molecule has 4 heteroatoms. The molecule has 90 valence electrons. The van der Waals surface area contributed by atoms with Gasteiger partial charge in [0.25, 0.3) is 0 Å². The summed E-state index contributed by atoms with van der Waals surface area (Å²) < 4.78 is 2.10. The first-order valence-corrected chi connectivity index (χ1v) is 6.74. The Morgan fingerprint density at radius 1 is 1.29 bits per heavy atom. The fourth-order valence-corrected chi connectivity index (χ4v) is 2.72. The number of hydrogen-bond donors (Lipinski definition) is 0. The van der Waals surface area contributed by atoms with E-state index in [1.54, 1.807) is 18.1 Å². The third-order valence-electron chi connectivity index (χ3n) is 2.71. The van der Waals surface area contributed by atoms with Crippen molar-refractivity contribution in [1.82, 2.24) is 14.8 Å². The lowest BCUT2D eigenvalue weighted by molar-refractivity contribution is 0.549. The second kappa shape index (κ2) is 5.36. The van der Waals surface area contributed by atoms with Crippen LogP contribution in [0.5, 0.6) is 0 Å². The lowest BCUT2D eigenvalue weighted by atomic mass is 10.1. The maximum atomic E-state index is 4.16. The van der Waals surface area contributed by atoms with Crippen molar-refractivity contribution in [3.05, 3.63) is 41.7 Å². The molecule has 3 nitrogen and oxygen atoms in total. The predicted octanol–water partition coefficient (Wildman–Crippen LogP) is 3.46. The Kier molecular flexibility index (Phi) is 3.84. The molecular weight excluding hydrogens is 230 g/mol. The third-order valence-corrected chi connectivity index (χ3v) is 3.72. The summed E-state index contributed by atoms with van der Waals surface area (Å²) in [4.78, 5) is 0. The molecule has 0 spiro atoms. The third kappa shape index (κ3) is 2.88. The van der Waals surface area contributed by atoms with Gasteiger partial charge >= 0.3 is 0 Å². The van der Waals surface area contributed by atoms with E-state index in [0.29, 0.717) is 6.04 Å². The second-order valence-electron chi connectivity index (χ2n) is 4.33. The van der Waals surface area contributed by atoms with Gasteiger partial charge in [0.1, 0.15) is 6.33 Å². The van der Waals surface area contributed by atoms with Crippen LogP contribution in [0.2, 0.25) is 0 Å². The first-order valence-electron chi connectivity index (χ1n) is 5.75. The van der Waals surface area contributed by atoms with Gasteiger partial charge in [0.05, 0.1) is 0 Å². The number of nitrogens with zero attached hydrogens (tertiary/aromatic N) is 3. The SMILES string of the molecule is Cc1ccccc1CSc1nncn1C(C)C. The highest BCUT2D eigenvalue weighted by atomic mass is 32.2. The zero-order valence-electron chi connectivity index (χ0n) is 10.4. The van der Waals surface area contributed by atoms with Crippen molar-refractivity contribution in [2.24, 2.45) is 0 Å². The number of hydrogen-bond acceptors (Lipinski definition) is 3. The average Bonchev–Trinajstić information content (AvgIpc) is 2.76. The Labute approximate surface area is 106 Å². The molecule has 0 bridgehead atoms. The van der Waals surface area contributed by atoms with Crippen molar-refractivity contribution in [3.63, 3.8) is 0 Å². The highest BCUT2D eigenvalue weighted by molar-refractivity contribution is 7.98. The van der Waals surface area contributed by atoms with E-state index >= 15 is 0 Å². The van der Waals surface area contributed by atoms with Gasteiger partial charge < -0.3 is 4.57 Å². The number of thioether (sulfide) groups is 1. The summed E-state index contributed by atoms with van der Waals surface area (Å²) in [5.74, 6) is 0.943. The fourth-order valence-electron chi connectivity index (χ4n) is 1.60. The molecule has 0 N–H and O–H groups in total. The van der Waals surface area contributed by atoms with Crippen LogP contribution in [0.25, 0.3) is 0 Å². The van der Waals surface area contributed by atoms with Gasteiger partial charge in [-0.1, -0.05) is 36.0 Å². The molecule has 1 aromatic carbocycles. The monoisotopic (exact) mass is 247 g/mol. The van der Waals surface area contributed by atoms with Gasteiger partial charge in [-0.25, -0.2) is 0 Å². The predicted molar refractivity (Wildman–Crippen MR) is 71.1 cm³/mol. The minimum Gasteiger partial charge on any atom is -0.306 e. The standard InChI is InChI=1S/C13H17N3S/c1-10(2)16-9-14-15-13(16)17-8-12-7-5-4-6-11(12)3/h4-7,9-10H,8H2,1-3H3. The molecule has 1 aromatic heterocycles. The van der Waals surface area contributed by atoms with Crippen LogP contribution in [0, 0.1) is 6.92 Å². The molecule has 0 fully saturated rings. The molecule has 0 saturated carbocycles. The molecule has 0 radical (unpaired) electrons. The average molecular weight is 247 g/mol. The Balaban J connectivity index is 2.08.